The third-order valence-electron chi connectivity index (χ3n) is 3.00. The predicted molar refractivity (Wildman–Crippen MR) is 63.9 cm³/mol. The quantitative estimate of drug-likeness (QED) is 0.642. The molecule has 0 unspecified atom stereocenters. The zero-order valence-electron chi connectivity index (χ0n) is 9.31. The molecular weight excluding hydrogens is 192 g/mol. The number of hydrogen-bond acceptors (Lipinski definition) is 0. The van der Waals surface area contributed by atoms with Crippen molar-refractivity contribution in [2.45, 2.75) is 44.9 Å². The van der Waals surface area contributed by atoms with Crippen LogP contribution in [-0.4, -0.2) is 0 Å². The lowest BCUT2D eigenvalue weighted by molar-refractivity contribution is 0.561. The van der Waals surface area contributed by atoms with E-state index in [4.69, 9.17) is 11.6 Å². The first-order valence-electron chi connectivity index (χ1n) is 5.45. The van der Waals surface area contributed by atoms with Crippen molar-refractivity contribution in [1.29, 1.82) is 0 Å². The van der Waals surface area contributed by atoms with Crippen molar-refractivity contribution >= 4 is 11.6 Å². The van der Waals surface area contributed by atoms with Gasteiger partial charge in [0.2, 0.25) is 0 Å². The molecule has 0 amide bonds. The Bertz CT molecular complexity index is 287. The summed E-state index contributed by atoms with van der Waals surface area (Å²) in [6, 6.07) is 8.51. The molecule has 78 valence electrons. The van der Waals surface area contributed by atoms with Crippen molar-refractivity contribution in [1.82, 2.24) is 0 Å². The van der Waals surface area contributed by atoms with Gasteiger partial charge >= 0.3 is 0 Å². The number of hydrogen-bond donors (Lipinski definition) is 0. The van der Waals surface area contributed by atoms with E-state index in [1.807, 2.05) is 0 Å². The van der Waals surface area contributed by atoms with Gasteiger partial charge in [0.1, 0.15) is 0 Å². The maximum atomic E-state index is 6.62. The van der Waals surface area contributed by atoms with Crippen LogP contribution in [0.4, 0.5) is 0 Å². The van der Waals surface area contributed by atoms with E-state index < -0.39 is 0 Å². The highest BCUT2D eigenvalue weighted by molar-refractivity contribution is 6.24. The Morgan fingerprint density at radius 3 is 2.14 bits per heavy atom. The van der Waals surface area contributed by atoms with Crippen LogP contribution in [0.15, 0.2) is 24.3 Å². The first kappa shape index (κ1) is 11.6. The van der Waals surface area contributed by atoms with Gasteiger partial charge in [-0.15, -0.1) is 11.6 Å². The fourth-order valence-corrected chi connectivity index (χ4v) is 2.08. The minimum absolute atomic E-state index is 0.160. The molecule has 1 rings (SSSR count). The van der Waals surface area contributed by atoms with Crippen LogP contribution in [0.5, 0.6) is 0 Å². The third kappa shape index (κ3) is 2.12. The maximum Gasteiger partial charge on any atom is 0.0692 e. The zero-order chi connectivity index (χ0) is 10.6. The van der Waals surface area contributed by atoms with E-state index in [2.05, 4.69) is 45.0 Å². The summed E-state index contributed by atoms with van der Waals surface area (Å²) < 4.78 is 0. The van der Waals surface area contributed by atoms with Gasteiger partial charge in [-0.2, -0.15) is 0 Å². The molecule has 1 aromatic rings. The molecule has 0 aliphatic carbocycles. The standard InChI is InChI=1S/C13H19Cl/c1-4-11-9-7-8-10-12(11)13(14,5-2)6-3/h7-10H,4-6H2,1-3H3. The molecule has 0 radical (unpaired) electrons. The molecule has 0 spiro atoms. The first-order chi connectivity index (χ1) is 6.68. The van der Waals surface area contributed by atoms with Crippen LogP contribution in [-0.2, 0) is 11.3 Å². The molecule has 0 fully saturated rings. The number of halogens is 1. The van der Waals surface area contributed by atoms with Crippen LogP contribution in [0.3, 0.4) is 0 Å². The topological polar surface area (TPSA) is 0 Å². The fraction of sp³-hybridized carbons (Fsp3) is 0.538. The zero-order valence-corrected chi connectivity index (χ0v) is 10.1. The van der Waals surface area contributed by atoms with E-state index in [0.717, 1.165) is 19.3 Å². The molecule has 1 heteroatoms. The normalized spacial score (nSPS) is 11.7. The largest absolute Gasteiger partial charge is 0.114 e. The Labute approximate surface area is 92.3 Å². The fourth-order valence-electron chi connectivity index (χ4n) is 1.90. The van der Waals surface area contributed by atoms with Gasteiger partial charge in [-0.25, -0.2) is 0 Å². The van der Waals surface area contributed by atoms with Gasteiger partial charge in [-0.05, 0) is 30.4 Å². The highest BCUT2D eigenvalue weighted by Crippen LogP contribution is 2.37. The van der Waals surface area contributed by atoms with Gasteiger partial charge in [0.25, 0.3) is 0 Å². The molecule has 0 bridgehead atoms. The summed E-state index contributed by atoms with van der Waals surface area (Å²) in [4.78, 5) is -0.160. The second-order valence-corrected chi connectivity index (χ2v) is 4.41. The summed E-state index contributed by atoms with van der Waals surface area (Å²) in [6.07, 6.45) is 3.04. The Hall–Kier alpha value is -0.490. The van der Waals surface area contributed by atoms with E-state index in [-0.39, 0.29) is 4.87 Å². The van der Waals surface area contributed by atoms with Crippen LogP contribution < -0.4 is 0 Å². The lowest BCUT2D eigenvalue weighted by Gasteiger charge is -2.27. The molecule has 0 aliphatic rings. The lowest BCUT2D eigenvalue weighted by Crippen LogP contribution is -2.18. The lowest BCUT2D eigenvalue weighted by atomic mass is 9.88. The minimum atomic E-state index is -0.160. The van der Waals surface area contributed by atoms with Gasteiger partial charge in [-0.1, -0.05) is 45.0 Å². The smallest absolute Gasteiger partial charge is 0.0692 e. The second kappa shape index (κ2) is 4.84. The van der Waals surface area contributed by atoms with Crippen LogP contribution in [0.25, 0.3) is 0 Å². The Morgan fingerprint density at radius 2 is 1.64 bits per heavy atom. The van der Waals surface area contributed by atoms with E-state index in [1.54, 1.807) is 0 Å². The molecule has 0 saturated carbocycles. The van der Waals surface area contributed by atoms with Crippen molar-refractivity contribution in [3.63, 3.8) is 0 Å². The van der Waals surface area contributed by atoms with Gasteiger partial charge in [0.05, 0.1) is 4.87 Å². The summed E-state index contributed by atoms with van der Waals surface area (Å²) >= 11 is 6.62. The summed E-state index contributed by atoms with van der Waals surface area (Å²) in [5, 5.41) is 0. The summed E-state index contributed by atoms with van der Waals surface area (Å²) in [5.74, 6) is 0. The van der Waals surface area contributed by atoms with Gasteiger partial charge < -0.3 is 0 Å². The Kier molecular flexibility index (Phi) is 4.00. The monoisotopic (exact) mass is 210 g/mol. The summed E-state index contributed by atoms with van der Waals surface area (Å²) in [7, 11) is 0. The van der Waals surface area contributed by atoms with Crippen LogP contribution in [0.1, 0.15) is 44.7 Å². The molecule has 0 aromatic heterocycles. The summed E-state index contributed by atoms with van der Waals surface area (Å²) in [5.41, 5.74) is 2.69. The highest BCUT2D eigenvalue weighted by atomic mass is 35.5. The number of rotatable bonds is 4. The van der Waals surface area contributed by atoms with E-state index in [0.29, 0.717) is 0 Å². The predicted octanol–water partition coefficient (Wildman–Crippen LogP) is 4.50. The third-order valence-corrected chi connectivity index (χ3v) is 3.74. The second-order valence-electron chi connectivity index (χ2n) is 3.68. The van der Waals surface area contributed by atoms with Gasteiger partial charge in [-0.3, -0.25) is 0 Å². The number of benzene rings is 1. The molecule has 0 atom stereocenters. The molecule has 0 saturated heterocycles. The highest BCUT2D eigenvalue weighted by Gasteiger charge is 2.26. The number of aryl methyl sites for hydroxylation is 1. The molecule has 0 aliphatic heterocycles. The molecule has 0 heterocycles. The average Bonchev–Trinajstić information content (AvgIpc) is 2.28. The van der Waals surface area contributed by atoms with Crippen molar-refractivity contribution in [3.05, 3.63) is 35.4 Å². The molecule has 14 heavy (non-hydrogen) atoms. The molecule has 0 N–H and O–H groups in total. The first-order valence-corrected chi connectivity index (χ1v) is 5.83. The van der Waals surface area contributed by atoms with Gasteiger partial charge in [0, 0.05) is 0 Å². The molecule has 1 aromatic carbocycles. The van der Waals surface area contributed by atoms with E-state index in [9.17, 15) is 0 Å². The van der Waals surface area contributed by atoms with Crippen LogP contribution >= 0.6 is 11.6 Å². The Morgan fingerprint density at radius 1 is 1.07 bits per heavy atom. The van der Waals surface area contributed by atoms with Crippen molar-refractivity contribution in [2.75, 3.05) is 0 Å². The van der Waals surface area contributed by atoms with E-state index >= 15 is 0 Å². The summed E-state index contributed by atoms with van der Waals surface area (Å²) in [6.45, 7) is 6.49. The average molecular weight is 211 g/mol. The van der Waals surface area contributed by atoms with Crippen LogP contribution in [0, 0.1) is 0 Å². The Balaban J connectivity index is 3.15. The minimum Gasteiger partial charge on any atom is -0.114 e. The number of alkyl halides is 1. The maximum absolute atomic E-state index is 6.62. The van der Waals surface area contributed by atoms with Gasteiger partial charge in [0.15, 0.2) is 0 Å². The molecular formula is C13H19Cl. The van der Waals surface area contributed by atoms with E-state index in [1.165, 1.54) is 11.1 Å². The van der Waals surface area contributed by atoms with Crippen LogP contribution in [0.2, 0.25) is 0 Å². The van der Waals surface area contributed by atoms with Crippen molar-refractivity contribution in [3.8, 4) is 0 Å². The molecule has 0 nitrogen and oxygen atoms in total. The van der Waals surface area contributed by atoms with Crippen molar-refractivity contribution < 1.29 is 0 Å². The van der Waals surface area contributed by atoms with Crippen molar-refractivity contribution in [2.24, 2.45) is 0 Å². The SMILES string of the molecule is CCc1ccccc1C(Cl)(CC)CC.